The number of nitrogens with two attached hydrogens (primary N) is 1. The quantitative estimate of drug-likeness (QED) is 0.105. The summed E-state index contributed by atoms with van der Waals surface area (Å²) < 4.78 is 0. The molecule has 3 aromatic carbocycles. The fourth-order valence-electron chi connectivity index (χ4n) is 3.35. The molecule has 0 aliphatic carbocycles. The molecule has 1 fully saturated rings. The zero-order chi connectivity index (χ0) is 68.9. The molecule has 1 amide bonds. The molecule has 90 heavy (non-hydrogen) atoms. The van der Waals surface area contributed by atoms with Crippen LogP contribution in [0.5, 0.6) is 0 Å². The van der Waals surface area contributed by atoms with Gasteiger partial charge in [-0.1, -0.05) is 234 Å². The molecule has 1 heterocycles. The number of carbonyl (C=O) groups is 11. The lowest BCUT2D eigenvalue weighted by atomic mass is 10.1. The number of aliphatic hydroxyl groups is 1. The molecule has 1 aliphatic rings. The third kappa shape index (κ3) is 279. The molecule has 0 atom stereocenters. The van der Waals surface area contributed by atoms with Gasteiger partial charge in [-0.25, -0.2) is 0 Å². The van der Waals surface area contributed by atoms with Gasteiger partial charge in [0, 0.05) is 26.1 Å². The number of aryl methyl sites for hydroxylation is 3. The number of amides is 1. The van der Waals surface area contributed by atoms with Crippen molar-refractivity contribution >= 4 is 73.8 Å². The van der Waals surface area contributed by atoms with Gasteiger partial charge < -0.3 is 119 Å². The van der Waals surface area contributed by atoms with Crippen molar-refractivity contribution in [2.24, 2.45) is 29.4 Å². The number of hydrogen-bond donors (Lipinski definition) is 11. The third-order valence-corrected chi connectivity index (χ3v) is 8.82. The molecule has 4 rings (SSSR count). The van der Waals surface area contributed by atoms with Gasteiger partial charge in [0.2, 0.25) is 5.91 Å². The lowest BCUT2D eigenvalue weighted by Gasteiger charge is -2.24. The van der Waals surface area contributed by atoms with Crippen LogP contribution in [0, 0.1) is 23.7 Å². The van der Waals surface area contributed by atoms with Crippen LogP contribution in [0.2, 0.25) is 0 Å². The first kappa shape index (κ1) is 172. The molecular weight excluding hydrogens is 1150 g/mol. The first-order chi connectivity index (χ1) is 38.9. The number of aliphatic hydroxyl groups excluding tert-OH is 1. The van der Waals surface area contributed by atoms with E-state index in [4.69, 9.17) is 53.1 Å². The second-order valence-corrected chi connectivity index (χ2v) is 16.4. The Morgan fingerprint density at radius 1 is 0.356 bits per heavy atom. The lowest BCUT2D eigenvalue weighted by molar-refractivity contribution is -0.129. The van der Waals surface area contributed by atoms with E-state index in [1.165, 1.54) is 68.7 Å². The second-order valence-electron chi connectivity index (χ2n) is 16.4. The highest BCUT2D eigenvalue weighted by Gasteiger charge is 2.11. The molecule has 0 bridgehead atoms. The molecule has 0 radical (unpaired) electrons. The maximum absolute atomic E-state index is 10.7. The number of benzene rings is 3. The molecule has 552 valence electrons. The fraction of sp³-hybridized carbons (Fsp3) is 0.567. The number of rotatable bonds is 7. The molecule has 0 saturated carbocycles. The summed E-state index contributed by atoms with van der Waals surface area (Å²) in [5.41, 5.74) is 8.73. The van der Waals surface area contributed by atoms with E-state index in [1.54, 1.807) is 20.8 Å². The SMILES string of the molecule is C=O.C=O.C=O.C=O.C=O.C=O.C=O.C=O.C=O.C=O.CC.CC(=O)N1CCCCC1.CC(C)O.CCC(C)C.CCC(C)C.CCC(C)C.CCC(C)C.CCc1ccccc1.CCc1ccccc1.CCc1ccccc1.CN.N.N.N.N.N.N.N.N.N. The highest BCUT2D eigenvalue weighted by molar-refractivity contribution is 5.73. The Morgan fingerprint density at radius 2 is 0.478 bits per heavy atom. The predicted octanol–water partition coefficient (Wildman–Crippen LogP) is 16.6. The molecular formula is C67H157N11O12. The molecule has 1 aliphatic heterocycles. The minimum Gasteiger partial charge on any atom is -0.394 e. The minimum absolute atomic E-state index is 0. The van der Waals surface area contributed by atoms with E-state index in [0.29, 0.717) is 0 Å². The molecule has 0 spiro atoms. The van der Waals surface area contributed by atoms with E-state index in [2.05, 4.69) is 182 Å². The van der Waals surface area contributed by atoms with Crippen LogP contribution in [0.1, 0.15) is 200 Å². The van der Waals surface area contributed by atoms with Crippen molar-refractivity contribution < 1.29 is 57.8 Å². The molecule has 23 nitrogen and oxygen atoms in total. The van der Waals surface area contributed by atoms with Crippen molar-refractivity contribution in [1.29, 1.82) is 0 Å². The Bertz CT molecular complexity index is 1190. The van der Waals surface area contributed by atoms with Gasteiger partial charge in [-0.2, -0.15) is 0 Å². The smallest absolute Gasteiger partial charge is 0.219 e. The zero-order valence-corrected chi connectivity index (χ0v) is 62.4. The van der Waals surface area contributed by atoms with Crippen molar-refractivity contribution in [3.05, 3.63) is 108 Å². The average molecular weight is 1310 g/mol. The summed E-state index contributed by atoms with van der Waals surface area (Å²) in [5.74, 6) is 3.77. The van der Waals surface area contributed by atoms with Crippen LogP contribution in [0.15, 0.2) is 91.0 Å². The Hall–Kier alpha value is -6.61. The molecule has 0 unspecified atom stereocenters. The lowest BCUT2D eigenvalue weighted by Crippen LogP contribution is -2.33. The summed E-state index contributed by atoms with van der Waals surface area (Å²) in [6, 6.07) is 31.4. The summed E-state index contributed by atoms with van der Waals surface area (Å²) in [4.78, 5) is 92.6. The van der Waals surface area contributed by atoms with E-state index in [-0.39, 0.29) is 67.4 Å². The average Bonchev–Trinajstić information content (AvgIpc) is 3.56. The van der Waals surface area contributed by atoms with Gasteiger partial charge in [0.15, 0.2) is 0 Å². The van der Waals surface area contributed by atoms with E-state index in [0.717, 1.165) is 56.0 Å². The fourth-order valence-corrected chi connectivity index (χ4v) is 3.35. The maximum Gasteiger partial charge on any atom is 0.219 e. The Labute approximate surface area is 555 Å². The number of carbonyl (C=O) groups excluding carboxylic acids is 11. The van der Waals surface area contributed by atoms with Gasteiger partial charge in [-0.15, -0.1) is 0 Å². The normalized spacial score (nSPS) is 7.53. The molecule has 30 N–H and O–H groups in total. The van der Waals surface area contributed by atoms with Crippen molar-refractivity contribution in [2.75, 3.05) is 20.1 Å². The van der Waals surface area contributed by atoms with Gasteiger partial charge in [0.1, 0.15) is 67.9 Å². The van der Waals surface area contributed by atoms with Gasteiger partial charge >= 0.3 is 0 Å². The van der Waals surface area contributed by atoms with Gasteiger partial charge in [0.05, 0.1) is 0 Å². The maximum atomic E-state index is 10.7. The first-order valence-corrected chi connectivity index (χ1v) is 27.4. The summed E-state index contributed by atoms with van der Waals surface area (Å²) in [5, 5.41) is 8.06. The first-order valence-electron chi connectivity index (χ1n) is 27.4. The number of likely N-dealkylation sites (tertiary alicyclic amines) is 1. The van der Waals surface area contributed by atoms with Crippen LogP contribution >= 0.6 is 0 Å². The zero-order valence-electron chi connectivity index (χ0n) is 62.4. The van der Waals surface area contributed by atoms with Crippen LogP contribution < -0.4 is 61.1 Å². The summed E-state index contributed by atoms with van der Waals surface area (Å²) in [7, 11) is 1.50. The van der Waals surface area contributed by atoms with Crippen molar-refractivity contribution in [3.63, 3.8) is 0 Å². The minimum atomic E-state index is -0.167. The van der Waals surface area contributed by atoms with Crippen LogP contribution in [-0.4, -0.2) is 110 Å². The Morgan fingerprint density at radius 3 is 0.544 bits per heavy atom. The summed E-state index contributed by atoms with van der Waals surface area (Å²) in [6.07, 6.45) is 12.2. The van der Waals surface area contributed by atoms with Crippen molar-refractivity contribution in [2.45, 2.75) is 209 Å². The second kappa shape index (κ2) is 215. The van der Waals surface area contributed by atoms with Crippen LogP contribution in [0.3, 0.4) is 0 Å². The van der Waals surface area contributed by atoms with Gasteiger partial charge in [-0.3, -0.25) is 4.79 Å². The van der Waals surface area contributed by atoms with Crippen LogP contribution in [0.25, 0.3) is 0 Å². The van der Waals surface area contributed by atoms with E-state index in [9.17, 15) is 4.79 Å². The van der Waals surface area contributed by atoms with E-state index in [1.807, 2.05) is 105 Å². The van der Waals surface area contributed by atoms with E-state index >= 15 is 0 Å². The highest BCUT2D eigenvalue weighted by Crippen LogP contribution is 2.08. The standard InChI is InChI=1S/3C8H10.C7H13NO.4C5H12.C3H8O.C2H6.CH5N.10CH2O.9H3N/c3*1-2-8-6-4-3-5-7-8;1-7(9)8-5-3-2-4-6-8;4*1-4-5(2)3;1-3(2)4;12*1-2;;;;;;;;;/h3*3-7H,2H2,1H3;2-6H2,1H3;4*5H,4H2,1-3H3;3-4H,1-2H3;1-2H3;2H2,1H3;10*1H2;9*1H3. The molecule has 1 saturated heterocycles. The number of nitrogens with zero attached hydrogens (tertiary/aromatic N) is 1. The highest BCUT2D eigenvalue weighted by atomic mass is 16.3. The molecule has 23 heteroatoms. The third-order valence-electron chi connectivity index (χ3n) is 8.82. The Balaban J connectivity index is -0.0000000204. The monoisotopic (exact) mass is 1310 g/mol. The number of hydrogen-bond acceptors (Lipinski definition) is 22. The van der Waals surface area contributed by atoms with Crippen LogP contribution in [-0.2, 0) is 72.0 Å². The van der Waals surface area contributed by atoms with Crippen molar-refractivity contribution in [3.8, 4) is 0 Å². The summed E-state index contributed by atoms with van der Waals surface area (Å²) in [6.45, 7) is 64.1. The van der Waals surface area contributed by atoms with Crippen molar-refractivity contribution in [1.82, 2.24) is 60.3 Å². The molecule has 0 aromatic heterocycles. The molecule has 3 aromatic rings. The largest absolute Gasteiger partial charge is 0.394 e. The van der Waals surface area contributed by atoms with Crippen LogP contribution in [0.4, 0.5) is 0 Å². The van der Waals surface area contributed by atoms with E-state index < -0.39 is 0 Å². The van der Waals surface area contributed by atoms with Gasteiger partial charge in [-0.05, 0) is 99.8 Å². The van der Waals surface area contributed by atoms with Gasteiger partial charge in [0.25, 0.3) is 0 Å². The summed E-state index contributed by atoms with van der Waals surface area (Å²) >= 11 is 0. The number of piperidine rings is 1. The predicted molar refractivity (Wildman–Crippen MR) is 399 cm³/mol. The Kier molecular flexibility index (Phi) is 410. The topological polar surface area (TPSA) is 552 Å².